The Morgan fingerprint density at radius 1 is 1.31 bits per heavy atom. The van der Waals surface area contributed by atoms with Gasteiger partial charge in [-0.25, -0.2) is 0 Å². The molecule has 6 heteroatoms. The first-order chi connectivity index (χ1) is 6.76. The van der Waals surface area contributed by atoms with Gasteiger partial charge in [-0.05, 0) is 20.8 Å². The fourth-order valence-electron chi connectivity index (χ4n) is 1.08. The van der Waals surface area contributed by atoms with Crippen molar-refractivity contribution in [2.24, 2.45) is 5.73 Å². The zero-order valence-corrected chi connectivity index (χ0v) is 11.2. The van der Waals surface area contributed by atoms with Gasteiger partial charge in [-0.3, -0.25) is 9.59 Å². The molecule has 96 valence electrons. The zero-order chi connectivity index (χ0) is 12.1. The first-order valence-corrected chi connectivity index (χ1v) is 5.01. The quantitative estimate of drug-likeness (QED) is 0.746. The van der Waals surface area contributed by atoms with Crippen molar-refractivity contribution in [2.75, 3.05) is 20.1 Å². The van der Waals surface area contributed by atoms with Gasteiger partial charge in [0, 0.05) is 25.6 Å². The molecular weight excluding hydrogens is 230 g/mol. The van der Waals surface area contributed by atoms with Crippen LogP contribution >= 0.6 is 12.4 Å². The van der Waals surface area contributed by atoms with Crippen molar-refractivity contribution in [3.8, 4) is 0 Å². The zero-order valence-electron chi connectivity index (χ0n) is 10.4. The summed E-state index contributed by atoms with van der Waals surface area (Å²) in [5, 5.41) is 2.78. The summed E-state index contributed by atoms with van der Waals surface area (Å²) in [4.78, 5) is 24.1. The van der Waals surface area contributed by atoms with Crippen LogP contribution in [0, 0.1) is 0 Å². The van der Waals surface area contributed by atoms with E-state index in [1.54, 1.807) is 7.05 Å². The molecule has 0 aromatic heterocycles. The first kappa shape index (κ1) is 17.6. The smallest absolute Gasteiger partial charge is 0.240 e. The number of carbonyl (C=O) groups is 2. The van der Waals surface area contributed by atoms with Gasteiger partial charge in [0.2, 0.25) is 11.8 Å². The first-order valence-electron chi connectivity index (χ1n) is 5.01. The molecule has 0 aliphatic rings. The largest absolute Gasteiger partial charge is 0.350 e. The predicted octanol–water partition coefficient (Wildman–Crippen LogP) is 0.130. The molecular formula is C10H22ClN3O2. The Morgan fingerprint density at radius 2 is 1.81 bits per heavy atom. The van der Waals surface area contributed by atoms with E-state index in [-0.39, 0.29) is 42.7 Å². The van der Waals surface area contributed by atoms with Gasteiger partial charge in [0.1, 0.15) is 0 Å². The predicted molar refractivity (Wildman–Crippen MR) is 66.5 cm³/mol. The van der Waals surface area contributed by atoms with Crippen LogP contribution in [0.2, 0.25) is 0 Å². The average molecular weight is 252 g/mol. The van der Waals surface area contributed by atoms with Crippen LogP contribution in [0.5, 0.6) is 0 Å². The van der Waals surface area contributed by atoms with Gasteiger partial charge in [0.25, 0.3) is 0 Å². The van der Waals surface area contributed by atoms with Crippen LogP contribution in [0.15, 0.2) is 0 Å². The Morgan fingerprint density at radius 3 is 2.19 bits per heavy atom. The van der Waals surface area contributed by atoms with E-state index in [0.29, 0.717) is 6.54 Å². The normalized spacial score (nSPS) is 10.3. The van der Waals surface area contributed by atoms with Gasteiger partial charge in [0.05, 0.1) is 6.54 Å². The molecule has 0 rings (SSSR count). The maximum atomic E-state index is 11.4. The number of likely N-dealkylation sites (N-methyl/N-ethyl adjacent to an activating group) is 1. The van der Waals surface area contributed by atoms with Crippen molar-refractivity contribution in [1.29, 1.82) is 0 Å². The molecule has 0 heterocycles. The third-order valence-corrected chi connectivity index (χ3v) is 1.68. The van der Waals surface area contributed by atoms with Crippen LogP contribution in [0.25, 0.3) is 0 Å². The Hall–Kier alpha value is -0.810. The lowest BCUT2D eigenvalue weighted by Gasteiger charge is -2.23. The number of nitrogens with zero attached hydrogens (tertiary/aromatic N) is 1. The highest BCUT2D eigenvalue weighted by atomic mass is 35.5. The minimum Gasteiger partial charge on any atom is -0.350 e. The van der Waals surface area contributed by atoms with E-state index in [1.807, 2.05) is 20.8 Å². The number of rotatable bonds is 4. The summed E-state index contributed by atoms with van der Waals surface area (Å²) in [5.74, 6) is -0.267. The number of halogens is 1. The van der Waals surface area contributed by atoms with Crippen LogP contribution in [-0.4, -0.2) is 42.4 Å². The highest BCUT2D eigenvalue weighted by Gasteiger charge is 2.16. The van der Waals surface area contributed by atoms with E-state index in [4.69, 9.17) is 5.73 Å². The molecule has 2 amide bonds. The molecule has 16 heavy (non-hydrogen) atoms. The molecule has 0 unspecified atom stereocenters. The van der Waals surface area contributed by atoms with Crippen molar-refractivity contribution >= 4 is 24.2 Å². The number of nitrogens with two attached hydrogens (primary N) is 1. The fourth-order valence-corrected chi connectivity index (χ4v) is 1.08. The summed E-state index contributed by atoms with van der Waals surface area (Å²) in [5.41, 5.74) is 4.98. The molecule has 3 N–H and O–H groups in total. The summed E-state index contributed by atoms with van der Waals surface area (Å²) >= 11 is 0. The van der Waals surface area contributed by atoms with E-state index in [9.17, 15) is 9.59 Å². The number of hydrogen-bond acceptors (Lipinski definition) is 3. The average Bonchev–Trinajstić information content (AvgIpc) is 2.00. The highest BCUT2D eigenvalue weighted by Crippen LogP contribution is 1.98. The molecule has 0 saturated heterocycles. The molecule has 0 spiro atoms. The van der Waals surface area contributed by atoms with E-state index in [0.717, 1.165) is 0 Å². The lowest BCUT2D eigenvalue weighted by Crippen LogP contribution is -2.46. The maximum Gasteiger partial charge on any atom is 0.240 e. The molecule has 0 fully saturated rings. The standard InChI is InChI=1S/C10H21N3O2.ClH/c1-10(2,3)12-8(14)7-13(4)9(15)5-6-11;/h5-7,11H2,1-4H3,(H,12,14);1H. The second-order valence-corrected chi connectivity index (χ2v) is 4.59. The van der Waals surface area contributed by atoms with Crippen LogP contribution in [0.3, 0.4) is 0 Å². The van der Waals surface area contributed by atoms with Gasteiger partial charge in [0.15, 0.2) is 0 Å². The summed E-state index contributed by atoms with van der Waals surface area (Å²) in [6.45, 7) is 6.08. The van der Waals surface area contributed by atoms with Crippen LogP contribution in [-0.2, 0) is 9.59 Å². The second-order valence-electron chi connectivity index (χ2n) is 4.59. The molecule has 0 bridgehead atoms. The van der Waals surface area contributed by atoms with E-state index < -0.39 is 0 Å². The van der Waals surface area contributed by atoms with E-state index in [1.165, 1.54) is 4.90 Å². The van der Waals surface area contributed by atoms with Gasteiger partial charge in [-0.2, -0.15) is 0 Å². The number of nitrogens with one attached hydrogen (secondary N) is 1. The third-order valence-electron chi connectivity index (χ3n) is 1.68. The molecule has 0 aromatic rings. The van der Waals surface area contributed by atoms with E-state index >= 15 is 0 Å². The SMILES string of the molecule is CN(CC(=O)NC(C)(C)C)C(=O)CCN.Cl. The summed E-state index contributed by atoms with van der Waals surface area (Å²) in [7, 11) is 1.60. The lowest BCUT2D eigenvalue weighted by molar-refractivity contribution is -0.135. The van der Waals surface area contributed by atoms with Gasteiger partial charge < -0.3 is 16.0 Å². The molecule has 0 aliphatic heterocycles. The number of amides is 2. The van der Waals surface area contributed by atoms with Crippen molar-refractivity contribution in [3.63, 3.8) is 0 Å². The molecule has 0 aliphatic carbocycles. The number of carbonyl (C=O) groups excluding carboxylic acids is 2. The molecule has 0 saturated carbocycles. The van der Waals surface area contributed by atoms with Crippen LogP contribution < -0.4 is 11.1 Å². The summed E-state index contributed by atoms with van der Waals surface area (Å²) in [6, 6.07) is 0. The summed E-state index contributed by atoms with van der Waals surface area (Å²) in [6.07, 6.45) is 0.277. The highest BCUT2D eigenvalue weighted by molar-refractivity contribution is 5.85. The summed E-state index contributed by atoms with van der Waals surface area (Å²) < 4.78 is 0. The maximum absolute atomic E-state index is 11.4. The van der Waals surface area contributed by atoms with Gasteiger partial charge in [-0.1, -0.05) is 0 Å². The van der Waals surface area contributed by atoms with Crippen molar-refractivity contribution in [1.82, 2.24) is 10.2 Å². The molecule has 0 atom stereocenters. The fraction of sp³-hybridized carbons (Fsp3) is 0.800. The van der Waals surface area contributed by atoms with Gasteiger partial charge >= 0.3 is 0 Å². The Kier molecular flexibility index (Phi) is 8.20. The van der Waals surface area contributed by atoms with Gasteiger partial charge in [-0.15, -0.1) is 12.4 Å². The Labute approximate surface area is 103 Å². The van der Waals surface area contributed by atoms with Crippen molar-refractivity contribution in [3.05, 3.63) is 0 Å². The second kappa shape index (κ2) is 7.46. The topological polar surface area (TPSA) is 75.4 Å². The van der Waals surface area contributed by atoms with Crippen molar-refractivity contribution in [2.45, 2.75) is 32.7 Å². The van der Waals surface area contributed by atoms with Crippen molar-refractivity contribution < 1.29 is 9.59 Å². The van der Waals surface area contributed by atoms with E-state index in [2.05, 4.69) is 5.32 Å². The van der Waals surface area contributed by atoms with Crippen LogP contribution in [0.1, 0.15) is 27.2 Å². The Balaban J connectivity index is 0. The minimum absolute atomic E-state index is 0. The lowest BCUT2D eigenvalue weighted by atomic mass is 10.1. The number of hydrogen-bond donors (Lipinski definition) is 2. The minimum atomic E-state index is -0.269. The monoisotopic (exact) mass is 251 g/mol. The Bertz CT molecular complexity index is 239. The molecule has 0 radical (unpaired) electrons. The molecule has 0 aromatic carbocycles. The molecule has 5 nitrogen and oxygen atoms in total. The third kappa shape index (κ3) is 8.49. The van der Waals surface area contributed by atoms with Crippen LogP contribution in [0.4, 0.5) is 0 Å².